The van der Waals surface area contributed by atoms with E-state index in [0.29, 0.717) is 12.2 Å². The van der Waals surface area contributed by atoms with Crippen molar-refractivity contribution >= 4 is 17.4 Å². The van der Waals surface area contributed by atoms with Crippen molar-refractivity contribution in [3.05, 3.63) is 57.6 Å². The van der Waals surface area contributed by atoms with Crippen LogP contribution >= 0.6 is 0 Å². The number of methoxy groups -OCH3 is 1. The van der Waals surface area contributed by atoms with E-state index in [0.717, 1.165) is 17.7 Å². The van der Waals surface area contributed by atoms with Crippen LogP contribution < -0.4 is 14.2 Å². The maximum absolute atomic E-state index is 12.2. The molecule has 2 aromatic rings. The van der Waals surface area contributed by atoms with Crippen LogP contribution in [0.25, 0.3) is 0 Å². The third-order valence-corrected chi connectivity index (χ3v) is 4.08. The molecule has 1 aliphatic heterocycles. The predicted molar refractivity (Wildman–Crippen MR) is 96.1 cm³/mol. The molecule has 0 radical (unpaired) electrons. The van der Waals surface area contributed by atoms with Gasteiger partial charge in [0.05, 0.1) is 18.6 Å². The smallest absolute Gasteiger partial charge is 0.344 e. The summed E-state index contributed by atoms with van der Waals surface area (Å²) in [6, 6.07) is 8.93. The van der Waals surface area contributed by atoms with Gasteiger partial charge in [0.15, 0.2) is 19.0 Å². The fourth-order valence-electron chi connectivity index (χ4n) is 2.67. The molecular weight excluding hydrogens is 370 g/mol. The van der Waals surface area contributed by atoms with Gasteiger partial charge in [0, 0.05) is 24.1 Å². The second kappa shape index (κ2) is 8.38. The molecule has 0 N–H and O–H groups in total. The maximum Gasteiger partial charge on any atom is 0.344 e. The van der Waals surface area contributed by atoms with E-state index in [1.807, 2.05) is 0 Å². The molecule has 0 saturated heterocycles. The monoisotopic (exact) mass is 387 g/mol. The first-order chi connectivity index (χ1) is 13.5. The van der Waals surface area contributed by atoms with E-state index in [9.17, 15) is 19.7 Å². The third-order valence-electron chi connectivity index (χ3n) is 4.08. The number of nitrogens with zero attached hydrogens (tertiary/aromatic N) is 1. The van der Waals surface area contributed by atoms with Crippen LogP contribution in [0.2, 0.25) is 0 Å². The largest absolute Gasteiger partial charge is 0.493 e. The van der Waals surface area contributed by atoms with Gasteiger partial charge in [-0.1, -0.05) is 0 Å². The summed E-state index contributed by atoms with van der Waals surface area (Å²) >= 11 is 0. The minimum absolute atomic E-state index is 0.00614. The Bertz CT molecular complexity index is 924. The first-order valence-electron chi connectivity index (χ1n) is 8.37. The van der Waals surface area contributed by atoms with Gasteiger partial charge in [-0.3, -0.25) is 14.9 Å². The van der Waals surface area contributed by atoms with Crippen molar-refractivity contribution in [3.8, 4) is 17.2 Å². The molecule has 0 saturated carbocycles. The molecule has 1 heterocycles. The number of fused-ring (bicyclic) bond motifs is 1. The quantitative estimate of drug-likeness (QED) is 0.293. The van der Waals surface area contributed by atoms with Crippen LogP contribution in [-0.4, -0.2) is 43.6 Å². The molecule has 1 aliphatic rings. The van der Waals surface area contributed by atoms with Crippen molar-refractivity contribution < 1.29 is 33.5 Å². The molecule has 9 heteroatoms. The highest BCUT2D eigenvalue weighted by atomic mass is 16.6. The molecule has 0 atom stereocenters. The van der Waals surface area contributed by atoms with Crippen molar-refractivity contribution in [1.82, 2.24) is 0 Å². The van der Waals surface area contributed by atoms with Crippen molar-refractivity contribution in [2.75, 3.05) is 26.9 Å². The first-order valence-corrected chi connectivity index (χ1v) is 8.37. The average molecular weight is 387 g/mol. The molecule has 146 valence electrons. The fourth-order valence-corrected chi connectivity index (χ4v) is 2.67. The van der Waals surface area contributed by atoms with E-state index in [-0.39, 0.29) is 23.0 Å². The summed E-state index contributed by atoms with van der Waals surface area (Å²) in [5.41, 5.74) is 1.17. The van der Waals surface area contributed by atoms with Gasteiger partial charge >= 0.3 is 11.7 Å². The number of benzene rings is 2. The number of ketones is 1. The molecule has 2 aromatic carbocycles. The Balaban J connectivity index is 1.50. The van der Waals surface area contributed by atoms with Crippen molar-refractivity contribution in [2.24, 2.45) is 0 Å². The fraction of sp³-hybridized carbons (Fsp3) is 0.263. The molecule has 0 unspecified atom stereocenters. The lowest BCUT2D eigenvalue weighted by molar-refractivity contribution is -0.385. The van der Waals surface area contributed by atoms with Gasteiger partial charge in [0.2, 0.25) is 5.75 Å². The molecular formula is C19H17NO8. The lowest BCUT2D eigenvalue weighted by atomic mass is 10.1. The number of Topliss-reactive ketones (excluding diaryl/α,β-unsaturated/α-hetero) is 1. The summed E-state index contributed by atoms with van der Waals surface area (Å²) in [5.74, 6) is -0.105. The number of hydrogen-bond acceptors (Lipinski definition) is 8. The van der Waals surface area contributed by atoms with Gasteiger partial charge in [-0.25, -0.2) is 4.79 Å². The molecule has 28 heavy (non-hydrogen) atoms. The van der Waals surface area contributed by atoms with Crippen LogP contribution in [0, 0.1) is 10.1 Å². The number of hydrogen-bond donors (Lipinski definition) is 0. The number of nitro groups is 1. The highest BCUT2D eigenvalue weighted by Crippen LogP contribution is 2.30. The average Bonchev–Trinajstić information content (AvgIpc) is 3.17. The summed E-state index contributed by atoms with van der Waals surface area (Å²) < 4.78 is 20.5. The van der Waals surface area contributed by atoms with Crippen LogP contribution in [0.5, 0.6) is 17.2 Å². The molecule has 0 aliphatic carbocycles. The van der Waals surface area contributed by atoms with Crippen LogP contribution in [0.4, 0.5) is 5.69 Å². The van der Waals surface area contributed by atoms with E-state index < -0.39 is 24.1 Å². The molecule has 0 bridgehead atoms. The molecule has 0 amide bonds. The molecule has 3 rings (SSSR count). The summed E-state index contributed by atoms with van der Waals surface area (Å²) in [7, 11) is 1.29. The highest BCUT2D eigenvalue weighted by molar-refractivity contribution is 5.98. The minimum Gasteiger partial charge on any atom is -0.493 e. The Labute approximate surface area is 159 Å². The number of carbonyl (C=O) groups is 2. The Kier molecular flexibility index (Phi) is 5.73. The van der Waals surface area contributed by atoms with Gasteiger partial charge in [-0.2, -0.15) is 0 Å². The van der Waals surface area contributed by atoms with Crippen molar-refractivity contribution in [1.29, 1.82) is 0 Å². The minimum atomic E-state index is -0.741. The number of ether oxygens (including phenoxy) is 4. The summed E-state index contributed by atoms with van der Waals surface area (Å²) in [6.07, 6.45) is 0.739. The highest BCUT2D eigenvalue weighted by Gasteiger charge is 2.18. The number of nitro benzene ring substituents is 1. The standard InChI is InChI=1S/C19H17NO8/c1-25-18-9-14(3-4-15(18)20(23)24)27-11-19(22)28-10-16(21)12-2-5-17-13(8-12)6-7-26-17/h2-5,8-9H,6-7,10-11H2,1H3. The number of rotatable bonds is 8. The number of esters is 1. The van der Waals surface area contributed by atoms with Gasteiger partial charge < -0.3 is 18.9 Å². The summed E-state index contributed by atoms with van der Waals surface area (Å²) in [6.45, 7) is -0.273. The zero-order valence-electron chi connectivity index (χ0n) is 15.0. The van der Waals surface area contributed by atoms with Crippen LogP contribution in [-0.2, 0) is 16.0 Å². The van der Waals surface area contributed by atoms with Crippen LogP contribution in [0.1, 0.15) is 15.9 Å². The lowest BCUT2D eigenvalue weighted by Gasteiger charge is -2.08. The molecule has 9 nitrogen and oxygen atoms in total. The van der Waals surface area contributed by atoms with Crippen LogP contribution in [0.3, 0.4) is 0 Å². The zero-order valence-corrected chi connectivity index (χ0v) is 15.0. The van der Waals surface area contributed by atoms with Crippen molar-refractivity contribution in [3.63, 3.8) is 0 Å². The van der Waals surface area contributed by atoms with Gasteiger partial charge in [0.25, 0.3) is 0 Å². The lowest BCUT2D eigenvalue weighted by Crippen LogP contribution is -2.19. The van der Waals surface area contributed by atoms with Gasteiger partial charge in [-0.15, -0.1) is 0 Å². The van der Waals surface area contributed by atoms with E-state index in [1.165, 1.54) is 25.3 Å². The van der Waals surface area contributed by atoms with Gasteiger partial charge in [0.1, 0.15) is 11.5 Å². The Morgan fingerprint density at radius 1 is 1.18 bits per heavy atom. The second-order valence-corrected chi connectivity index (χ2v) is 5.88. The second-order valence-electron chi connectivity index (χ2n) is 5.88. The third kappa shape index (κ3) is 4.37. The summed E-state index contributed by atoms with van der Waals surface area (Å²) in [4.78, 5) is 34.2. The normalized spacial score (nSPS) is 11.9. The SMILES string of the molecule is COc1cc(OCC(=O)OCC(=O)c2ccc3c(c2)CCO3)ccc1[N+](=O)[O-]. The maximum atomic E-state index is 12.2. The molecule has 0 fully saturated rings. The molecule has 0 aromatic heterocycles. The Hall–Kier alpha value is -3.62. The van der Waals surface area contributed by atoms with Crippen LogP contribution in [0.15, 0.2) is 36.4 Å². The van der Waals surface area contributed by atoms with E-state index in [1.54, 1.807) is 18.2 Å². The van der Waals surface area contributed by atoms with E-state index in [2.05, 4.69) is 0 Å². The molecule has 0 spiro atoms. The van der Waals surface area contributed by atoms with E-state index in [4.69, 9.17) is 18.9 Å². The Morgan fingerprint density at radius 2 is 2.00 bits per heavy atom. The predicted octanol–water partition coefficient (Wildman–Crippen LogP) is 2.34. The summed E-state index contributed by atoms with van der Waals surface area (Å²) in [5, 5.41) is 10.9. The van der Waals surface area contributed by atoms with Crippen molar-refractivity contribution in [2.45, 2.75) is 6.42 Å². The first kappa shape index (κ1) is 19.2. The Morgan fingerprint density at radius 3 is 2.75 bits per heavy atom. The van der Waals surface area contributed by atoms with E-state index >= 15 is 0 Å². The van der Waals surface area contributed by atoms with Gasteiger partial charge in [-0.05, 0) is 29.8 Å². The topological polar surface area (TPSA) is 114 Å². The number of carbonyl (C=O) groups excluding carboxylic acids is 2. The zero-order chi connectivity index (χ0) is 20.1.